The molecule has 0 unspecified atom stereocenters. The number of thiazole rings is 1. The summed E-state index contributed by atoms with van der Waals surface area (Å²) >= 11 is 7.34. The topological polar surface area (TPSA) is 167 Å². The van der Waals surface area contributed by atoms with Crippen LogP contribution in [-0.2, 0) is 29.5 Å². The molecule has 1 saturated heterocycles. The Morgan fingerprint density at radius 3 is 2.75 bits per heavy atom. The highest BCUT2D eigenvalue weighted by atomic mass is 35.5. The van der Waals surface area contributed by atoms with Crippen LogP contribution in [0.4, 0.5) is 5.13 Å². The molecule has 0 aromatic carbocycles. The van der Waals surface area contributed by atoms with Gasteiger partial charge in [-0.05, 0) is 6.26 Å². The van der Waals surface area contributed by atoms with E-state index in [1.165, 1.54) is 18.7 Å². The molecule has 1 aliphatic heterocycles. The second kappa shape index (κ2) is 9.04. The predicted octanol–water partition coefficient (Wildman–Crippen LogP) is -0.510. The summed E-state index contributed by atoms with van der Waals surface area (Å²) in [5.74, 6) is -2.64. The molecule has 0 radical (unpaired) electrons. The van der Waals surface area contributed by atoms with Crippen molar-refractivity contribution in [1.82, 2.24) is 14.6 Å². The van der Waals surface area contributed by atoms with Crippen LogP contribution < -0.4 is 10.6 Å². The van der Waals surface area contributed by atoms with Crippen molar-refractivity contribution < 1.29 is 32.2 Å². The van der Waals surface area contributed by atoms with Gasteiger partial charge >= 0.3 is 10.3 Å². The number of alkyl halides is 1. The Morgan fingerprint density at radius 2 is 2.21 bits per heavy atom. The number of thioether (sulfide) groups is 1. The molecule has 12 nitrogen and oxygen atoms in total. The van der Waals surface area contributed by atoms with Crippen molar-refractivity contribution in [2.75, 3.05) is 24.6 Å². The number of nitrogens with zero attached hydrogens (tertiary/aromatic N) is 3. The van der Waals surface area contributed by atoms with Crippen LogP contribution in [0.1, 0.15) is 5.69 Å². The lowest BCUT2D eigenvalue weighted by Gasteiger charge is -2.42. The Bertz CT molecular complexity index is 918. The van der Waals surface area contributed by atoms with Gasteiger partial charge in [-0.15, -0.1) is 34.7 Å². The monoisotopic (exact) mass is 471 g/mol. The van der Waals surface area contributed by atoms with E-state index in [-0.39, 0.29) is 26.7 Å². The normalized spacial score (nSPS) is 19.8. The SMILES string of the molecule is CON=C(C(=O)N[C@@H]1C(=O)N(S(=O)(=O)O)[C@H]1SC)c1csc(NC(=O)CCl)n1. The number of hydrogen-bond acceptors (Lipinski definition) is 10. The predicted molar refractivity (Wildman–Crippen MR) is 103 cm³/mol. The quantitative estimate of drug-likeness (QED) is 0.149. The molecule has 0 aliphatic carbocycles. The zero-order chi connectivity index (χ0) is 21.1. The van der Waals surface area contributed by atoms with Crippen molar-refractivity contribution in [1.29, 1.82) is 0 Å². The summed E-state index contributed by atoms with van der Waals surface area (Å²) < 4.78 is 31.8. The minimum absolute atomic E-state index is 0.0494. The van der Waals surface area contributed by atoms with Crippen LogP contribution in [0.5, 0.6) is 0 Å². The fourth-order valence-electron chi connectivity index (χ4n) is 2.15. The van der Waals surface area contributed by atoms with Gasteiger partial charge in [0, 0.05) is 5.38 Å². The minimum Gasteiger partial charge on any atom is -0.398 e. The molecule has 28 heavy (non-hydrogen) atoms. The number of aromatic nitrogens is 1. The van der Waals surface area contributed by atoms with Crippen molar-refractivity contribution in [3.63, 3.8) is 0 Å². The molecule has 2 heterocycles. The van der Waals surface area contributed by atoms with E-state index < -0.39 is 39.4 Å². The van der Waals surface area contributed by atoms with Crippen LogP contribution in [0, 0.1) is 0 Å². The van der Waals surface area contributed by atoms with Gasteiger partial charge in [0.2, 0.25) is 5.91 Å². The Hall–Kier alpha value is -1.94. The van der Waals surface area contributed by atoms with Crippen LogP contribution in [0.15, 0.2) is 10.5 Å². The van der Waals surface area contributed by atoms with E-state index in [0.29, 0.717) is 0 Å². The third-order valence-corrected chi connectivity index (χ3v) is 6.29. The van der Waals surface area contributed by atoms with Gasteiger partial charge in [-0.3, -0.25) is 18.9 Å². The molecule has 3 N–H and O–H groups in total. The maximum atomic E-state index is 12.5. The van der Waals surface area contributed by atoms with Gasteiger partial charge in [-0.25, -0.2) is 4.98 Å². The first-order valence-electron chi connectivity index (χ1n) is 7.21. The Labute approximate surface area is 172 Å². The molecule has 1 aromatic heterocycles. The summed E-state index contributed by atoms with van der Waals surface area (Å²) in [5.41, 5.74) is -0.253. The number of carbonyl (C=O) groups excluding carboxylic acids is 3. The molecule has 16 heteroatoms. The Balaban J connectivity index is 2.17. The van der Waals surface area contributed by atoms with E-state index >= 15 is 0 Å². The molecule has 1 aliphatic rings. The first-order chi connectivity index (χ1) is 13.1. The second-order valence-electron chi connectivity index (χ2n) is 5.03. The lowest BCUT2D eigenvalue weighted by molar-refractivity contribution is -0.140. The van der Waals surface area contributed by atoms with Crippen LogP contribution in [0.2, 0.25) is 0 Å². The molecular formula is C12H14ClN5O7S3. The van der Waals surface area contributed by atoms with Crippen LogP contribution >= 0.6 is 34.7 Å². The van der Waals surface area contributed by atoms with Crippen LogP contribution in [0.3, 0.4) is 0 Å². The average molecular weight is 472 g/mol. The summed E-state index contributed by atoms with van der Waals surface area (Å²) in [6, 6.07) is -1.21. The van der Waals surface area contributed by atoms with Gasteiger partial charge in [0.1, 0.15) is 30.1 Å². The number of amides is 3. The molecule has 1 aromatic rings. The number of rotatable bonds is 8. The highest BCUT2D eigenvalue weighted by Gasteiger charge is 2.54. The number of carbonyl (C=O) groups is 3. The van der Waals surface area contributed by atoms with E-state index in [4.69, 9.17) is 16.2 Å². The van der Waals surface area contributed by atoms with Gasteiger partial charge in [0.05, 0.1) is 0 Å². The fraction of sp³-hybridized carbons (Fsp3) is 0.417. The van der Waals surface area contributed by atoms with Crippen molar-refractivity contribution in [2.24, 2.45) is 5.16 Å². The largest absolute Gasteiger partial charge is 0.398 e. The number of halogens is 1. The molecule has 1 fully saturated rings. The second-order valence-corrected chi connectivity index (χ2v) is 8.40. The molecule has 2 atom stereocenters. The van der Waals surface area contributed by atoms with Crippen molar-refractivity contribution in [3.05, 3.63) is 11.1 Å². The summed E-state index contributed by atoms with van der Waals surface area (Å²) in [4.78, 5) is 44.5. The Kier molecular flexibility index (Phi) is 7.22. The van der Waals surface area contributed by atoms with E-state index in [9.17, 15) is 22.8 Å². The number of β-lactam (4-membered cyclic amide) rings is 1. The standard InChI is InChI=1S/C12H14ClN5O7S3/c1-25-17-7(5-4-27-12(14-5)15-6(19)3-13)9(20)16-8-10(21)18(11(8)26-2)28(22,23)24/h4,8,11H,3H2,1-2H3,(H,16,20)(H,14,15,19)(H,22,23,24)/t8-,11+/m1/s1. The zero-order valence-corrected chi connectivity index (χ0v) is 17.5. The van der Waals surface area contributed by atoms with E-state index in [1.807, 2.05) is 0 Å². The third-order valence-electron chi connectivity index (χ3n) is 3.29. The lowest BCUT2D eigenvalue weighted by atomic mass is 10.1. The van der Waals surface area contributed by atoms with Gasteiger partial charge < -0.3 is 15.5 Å². The fourth-order valence-corrected chi connectivity index (χ4v) is 4.99. The zero-order valence-electron chi connectivity index (χ0n) is 14.3. The minimum atomic E-state index is -4.74. The van der Waals surface area contributed by atoms with Crippen LogP contribution in [-0.4, -0.2) is 76.4 Å². The summed E-state index contributed by atoms with van der Waals surface area (Å²) in [6.07, 6.45) is 1.50. The lowest BCUT2D eigenvalue weighted by Crippen LogP contribution is -2.71. The number of nitrogens with one attached hydrogen (secondary N) is 2. The van der Waals surface area contributed by atoms with Gasteiger partial charge in [0.15, 0.2) is 10.8 Å². The maximum absolute atomic E-state index is 12.5. The average Bonchev–Trinajstić information content (AvgIpc) is 3.08. The summed E-state index contributed by atoms with van der Waals surface area (Å²) in [7, 11) is -3.55. The number of oxime groups is 1. The molecule has 2 rings (SSSR count). The van der Waals surface area contributed by atoms with Crippen molar-refractivity contribution in [3.8, 4) is 0 Å². The van der Waals surface area contributed by atoms with Gasteiger partial charge in [-0.2, -0.15) is 12.7 Å². The number of hydrogen-bond donors (Lipinski definition) is 3. The highest BCUT2D eigenvalue weighted by Crippen LogP contribution is 2.30. The van der Waals surface area contributed by atoms with E-state index in [2.05, 4.69) is 25.6 Å². The van der Waals surface area contributed by atoms with Crippen molar-refractivity contribution >= 4 is 73.6 Å². The molecule has 0 spiro atoms. The number of anilines is 1. The maximum Gasteiger partial charge on any atom is 0.363 e. The molecular weight excluding hydrogens is 458 g/mol. The highest BCUT2D eigenvalue weighted by molar-refractivity contribution is 8.00. The molecule has 3 amide bonds. The van der Waals surface area contributed by atoms with Gasteiger partial charge in [-0.1, -0.05) is 5.16 Å². The molecule has 0 bridgehead atoms. The first-order valence-corrected chi connectivity index (χ1v) is 11.3. The first kappa shape index (κ1) is 22.4. The smallest absolute Gasteiger partial charge is 0.363 e. The van der Waals surface area contributed by atoms with Crippen molar-refractivity contribution in [2.45, 2.75) is 11.4 Å². The molecule has 0 saturated carbocycles. The third kappa shape index (κ3) is 4.72. The summed E-state index contributed by atoms with van der Waals surface area (Å²) in [5, 5.41) is 8.87. The Morgan fingerprint density at radius 1 is 1.54 bits per heavy atom. The van der Waals surface area contributed by atoms with E-state index in [1.54, 1.807) is 0 Å². The molecule has 154 valence electrons. The summed E-state index contributed by atoms with van der Waals surface area (Å²) in [6.45, 7) is 0. The van der Waals surface area contributed by atoms with Gasteiger partial charge in [0.25, 0.3) is 11.8 Å². The van der Waals surface area contributed by atoms with E-state index in [0.717, 1.165) is 23.1 Å². The van der Waals surface area contributed by atoms with Crippen LogP contribution in [0.25, 0.3) is 0 Å².